The lowest BCUT2D eigenvalue weighted by atomic mass is 10.0. The molecule has 2 aromatic rings. The lowest BCUT2D eigenvalue weighted by Crippen LogP contribution is -2.42. The summed E-state index contributed by atoms with van der Waals surface area (Å²) in [7, 11) is 0. The highest BCUT2D eigenvalue weighted by Gasteiger charge is 2.33. The van der Waals surface area contributed by atoms with E-state index in [0.717, 1.165) is 12.0 Å². The molecule has 3 rings (SSSR count). The molecule has 0 bridgehead atoms. The summed E-state index contributed by atoms with van der Waals surface area (Å²) in [5.41, 5.74) is 0.971. The van der Waals surface area contributed by atoms with Crippen LogP contribution >= 0.6 is 0 Å². The van der Waals surface area contributed by atoms with E-state index in [-0.39, 0.29) is 30.1 Å². The van der Waals surface area contributed by atoms with Crippen molar-refractivity contribution >= 4 is 6.03 Å². The number of nitrogens with zero attached hydrogens (tertiary/aromatic N) is 2. The highest BCUT2D eigenvalue weighted by Crippen LogP contribution is 2.25. The predicted molar refractivity (Wildman–Crippen MR) is 93.3 cm³/mol. The van der Waals surface area contributed by atoms with Crippen molar-refractivity contribution in [1.29, 1.82) is 0 Å². The first-order chi connectivity index (χ1) is 13.1. The average molecular weight is 398 g/mol. The van der Waals surface area contributed by atoms with Gasteiger partial charge in [-0.15, -0.1) is 0 Å². The minimum absolute atomic E-state index is 0.00381. The Balaban J connectivity index is 1.56. The van der Waals surface area contributed by atoms with Gasteiger partial charge in [-0.05, 0) is 38.0 Å². The van der Waals surface area contributed by atoms with Crippen LogP contribution < -0.4 is 10.6 Å². The van der Waals surface area contributed by atoms with E-state index < -0.39 is 18.4 Å². The fourth-order valence-corrected chi connectivity index (χ4v) is 2.99. The Bertz CT molecular complexity index is 835. The minimum atomic E-state index is -4.40. The van der Waals surface area contributed by atoms with Crippen molar-refractivity contribution in [1.82, 2.24) is 20.8 Å². The van der Waals surface area contributed by atoms with Gasteiger partial charge in [-0.2, -0.15) is 18.2 Å². The highest BCUT2D eigenvalue weighted by atomic mass is 19.4. The second kappa shape index (κ2) is 7.78. The van der Waals surface area contributed by atoms with Crippen LogP contribution in [0.25, 0.3) is 11.5 Å². The Morgan fingerprint density at radius 3 is 2.82 bits per heavy atom. The highest BCUT2D eigenvalue weighted by molar-refractivity contribution is 5.74. The van der Waals surface area contributed by atoms with Crippen LogP contribution in [-0.4, -0.2) is 40.6 Å². The van der Waals surface area contributed by atoms with Crippen molar-refractivity contribution in [3.63, 3.8) is 0 Å². The van der Waals surface area contributed by atoms with Crippen molar-refractivity contribution in [3.05, 3.63) is 35.7 Å². The minimum Gasteiger partial charge on any atom is -0.373 e. The van der Waals surface area contributed by atoms with Gasteiger partial charge in [0.15, 0.2) is 5.82 Å². The molecule has 1 aliphatic rings. The molecule has 2 amide bonds. The SMILES string of the molecule is CC1(C)CC(NC(=O)NCc2cccc(-c3nc(CC(F)(F)F)no3)c2)CO1. The van der Waals surface area contributed by atoms with Gasteiger partial charge in [0.05, 0.1) is 18.2 Å². The average Bonchev–Trinajstić information content (AvgIpc) is 3.18. The Morgan fingerprint density at radius 2 is 2.14 bits per heavy atom. The van der Waals surface area contributed by atoms with E-state index in [2.05, 4.69) is 20.8 Å². The van der Waals surface area contributed by atoms with Crippen molar-refractivity contribution in [2.45, 2.75) is 51.1 Å². The summed E-state index contributed by atoms with van der Waals surface area (Å²) in [5, 5.41) is 8.95. The molecular weight excluding hydrogens is 377 g/mol. The van der Waals surface area contributed by atoms with Gasteiger partial charge in [0.1, 0.15) is 6.42 Å². The van der Waals surface area contributed by atoms with E-state index >= 15 is 0 Å². The molecule has 1 saturated heterocycles. The number of hydrogen-bond donors (Lipinski definition) is 2. The van der Waals surface area contributed by atoms with Crippen LogP contribution in [-0.2, 0) is 17.7 Å². The maximum absolute atomic E-state index is 12.4. The molecule has 152 valence electrons. The molecule has 10 heteroatoms. The maximum Gasteiger partial charge on any atom is 0.396 e. The lowest BCUT2D eigenvalue weighted by molar-refractivity contribution is -0.128. The van der Waals surface area contributed by atoms with Crippen LogP contribution in [0.4, 0.5) is 18.0 Å². The number of aromatic nitrogens is 2. The number of alkyl halides is 3. The van der Waals surface area contributed by atoms with Crippen LogP contribution in [0.3, 0.4) is 0 Å². The van der Waals surface area contributed by atoms with Crippen molar-refractivity contribution in [2.24, 2.45) is 0 Å². The summed E-state index contributed by atoms with van der Waals surface area (Å²) in [6.45, 7) is 4.64. The van der Waals surface area contributed by atoms with Crippen molar-refractivity contribution in [2.75, 3.05) is 6.61 Å². The molecule has 0 saturated carbocycles. The van der Waals surface area contributed by atoms with Crippen LogP contribution in [0, 0.1) is 0 Å². The molecule has 0 radical (unpaired) electrons. The number of amides is 2. The summed E-state index contributed by atoms with van der Waals surface area (Å²) < 4.78 is 47.7. The summed E-state index contributed by atoms with van der Waals surface area (Å²) in [6.07, 6.45) is -4.92. The molecule has 1 atom stereocenters. The monoisotopic (exact) mass is 398 g/mol. The van der Waals surface area contributed by atoms with Gasteiger partial charge in [0.25, 0.3) is 5.89 Å². The Labute approximate surface area is 159 Å². The standard InChI is InChI=1S/C18H21F3N4O3/c1-17(2)7-13(10-27-17)23-16(26)22-9-11-4-3-5-12(6-11)15-24-14(25-28-15)8-18(19,20)21/h3-6,13H,7-10H2,1-2H3,(H2,22,23,26). The number of carbonyl (C=O) groups is 1. The Hall–Kier alpha value is -2.62. The van der Waals surface area contributed by atoms with Gasteiger partial charge in [-0.1, -0.05) is 17.3 Å². The number of hydrogen-bond acceptors (Lipinski definition) is 5. The molecule has 0 aliphatic carbocycles. The van der Waals surface area contributed by atoms with E-state index in [4.69, 9.17) is 9.26 Å². The number of ether oxygens (including phenoxy) is 1. The van der Waals surface area contributed by atoms with E-state index in [1.165, 1.54) is 0 Å². The summed E-state index contributed by atoms with van der Waals surface area (Å²) >= 11 is 0. The third kappa shape index (κ3) is 5.69. The van der Waals surface area contributed by atoms with Crippen LogP contribution in [0.5, 0.6) is 0 Å². The van der Waals surface area contributed by atoms with Gasteiger partial charge in [-0.3, -0.25) is 0 Å². The maximum atomic E-state index is 12.4. The number of urea groups is 1. The number of rotatable bonds is 5. The molecule has 2 N–H and O–H groups in total. The van der Waals surface area contributed by atoms with Gasteiger partial charge < -0.3 is 19.9 Å². The van der Waals surface area contributed by atoms with Crippen molar-refractivity contribution < 1.29 is 27.2 Å². The van der Waals surface area contributed by atoms with Crippen LogP contribution in [0.2, 0.25) is 0 Å². The number of halogens is 3. The first kappa shape index (κ1) is 20.1. The first-order valence-electron chi connectivity index (χ1n) is 8.77. The fourth-order valence-electron chi connectivity index (χ4n) is 2.99. The third-order valence-electron chi connectivity index (χ3n) is 4.20. The number of carbonyl (C=O) groups excluding carboxylic acids is 1. The van der Waals surface area contributed by atoms with Crippen LogP contribution in [0.1, 0.15) is 31.7 Å². The largest absolute Gasteiger partial charge is 0.396 e. The van der Waals surface area contributed by atoms with Gasteiger partial charge in [-0.25, -0.2) is 4.79 Å². The van der Waals surface area contributed by atoms with E-state index in [9.17, 15) is 18.0 Å². The van der Waals surface area contributed by atoms with Crippen LogP contribution in [0.15, 0.2) is 28.8 Å². The zero-order valence-corrected chi connectivity index (χ0v) is 15.5. The molecule has 1 aromatic carbocycles. The number of benzene rings is 1. The van der Waals surface area contributed by atoms with Gasteiger partial charge in [0.2, 0.25) is 0 Å². The summed E-state index contributed by atoms with van der Waals surface area (Å²) in [6, 6.07) is 6.43. The molecule has 1 fully saturated rings. The molecule has 7 nitrogen and oxygen atoms in total. The first-order valence-corrected chi connectivity index (χ1v) is 8.77. The second-order valence-electron chi connectivity index (χ2n) is 7.31. The molecule has 28 heavy (non-hydrogen) atoms. The molecule has 2 heterocycles. The Kier molecular flexibility index (Phi) is 5.59. The molecule has 1 aliphatic heterocycles. The zero-order chi connectivity index (χ0) is 20.4. The molecular formula is C18H21F3N4O3. The topological polar surface area (TPSA) is 89.3 Å². The second-order valence-corrected chi connectivity index (χ2v) is 7.31. The zero-order valence-electron chi connectivity index (χ0n) is 15.5. The lowest BCUT2D eigenvalue weighted by Gasteiger charge is -2.16. The summed E-state index contributed by atoms with van der Waals surface area (Å²) in [4.78, 5) is 15.8. The third-order valence-corrected chi connectivity index (χ3v) is 4.20. The summed E-state index contributed by atoms with van der Waals surface area (Å²) in [5.74, 6) is -0.428. The van der Waals surface area contributed by atoms with E-state index in [0.29, 0.717) is 12.2 Å². The van der Waals surface area contributed by atoms with E-state index in [1.54, 1.807) is 24.3 Å². The normalized spacial score (nSPS) is 18.8. The Morgan fingerprint density at radius 1 is 1.36 bits per heavy atom. The van der Waals surface area contributed by atoms with Crippen molar-refractivity contribution in [3.8, 4) is 11.5 Å². The molecule has 1 aromatic heterocycles. The number of nitrogens with one attached hydrogen (secondary N) is 2. The van der Waals surface area contributed by atoms with Gasteiger partial charge in [0, 0.05) is 12.1 Å². The smallest absolute Gasteiger partial charge is 0.373 e. The fraction of sp³-hybridized carbons (Fsp3) is 0.500. The molecule has 0 spiro atoms. The van der Waals surface area contributed by atoms with Gasteiger partial charge >= 0.3 is 12.2 Å². The van der Waals surface area contributed by atoms with E-state index in [1.807, 2.05) is 13.8 Å². The predicted octanol–water partition coefficient (Wildman–Crippen LogP) is 3.21. The molecule has 1 unspecified atom stereocenters. The quantitative estimate of drug-likeness (QED) is 0.807.